The Kier molecular flexibility index (Phi) is 6.87. The van der Waals surface area contributed by atoms with Crippen LogP contribution in [-0.2, 0) is 27.3 Å². The smallest absolute Gasteiger partial charge is 0.261 e. The minimum Gasteiger partial charge on any atom is -0.510 e. The molecule has 1 aromatic rings. The molecule has 12 heteroatoms. The molecule has 40 heavy (non-hydrogen) atoms. The Labute approximate surface area is 230 Å². The van der Waals surface area contributed by atoms with Crippen molar-refractivity contribution < 1.29 is 43.2 Å². The number of hydrogen-bond donors (Lipinski definition) is 4. The number of aliphatic hydroxyl groups excluding tert-OH is 2. The number of fused-ring (bicyclic) bond motifs is 3. The number of primary amides is 1. The highest BCUT2D eigenvalue weighted by Crippen LogP contribution is 2.55. The van der Waals surface area contributed by atoms with Crippen LogP contribution in [0.1, 0.15) is 36.0 Å². The molecule has 218 valence electrons. The topological polar surface area (TPSA) is 146 Å². The molecule has 5 rings (SSSR count). The fraction of sp³-hybridized carbons (Fsp3) is 0.571. The summed E-state index contributed by atoms with van der Waals surface area (Å²) in [5.74, 6) is -5.89. The molecule has 0 radical (unpaired) electrons. The van der Waals surface area contributed by atoms with E-state index >= 15 is 0 Å². The summed E-state index contributed by atoms with van der Waals surface area (Å²) in [4.78, 5) is 29.8. The van der Waals surface area contributed by atoms with Gasteiger partial charge in [-0.1, -0.05) is 0 Å². The van der Waals surface area contributed by atoms with Crippen LogP contribution in [0.4, 0.5) is 8.78 Å². The normalized spacial score (nSPS) is 29.9. The van der Waals surface area contributed by atoms with E-state index in [0.717, 1.165) is 0 Å². The van der Waals surface area contributed by atoms with Crippen molar-refractivity contribution in [3.63, 3.8) is 0 Å². The van der Waals surface area contributed by atoms with Gasteiger partial charge >= 0.3 is 0 Å². The average Bonchev–Trinajstić information content (AvgIpc) is 3.21. The lowest BCUT2D eigenvalue weighted by atomic mass is 9.57. The molecule has 2 fully saturated rings. The van der Waals surface area contributed by atoms with Gasteiger partial charge in [-0.3, -0.25) is 19.4 Å². The maximum Gasteiger partial charge on any atom is 0.261 e. The van der Waals surface area contributed by atoms with Crippen molar-refractivity contribution in [1.82, 2.24) is 9.80 Å². The number of ketones is 1. The van der Waals surface area contributed by atoms with Crippen LogP contribution < -0.4 is 10.5 Å². The number of likely N-dealkylation sites (tertiary alicyclic amines) is 1. The van der Waals surface area contributed by atoms with E-state index in [9.17, 15) is 33.7 Å². The number of Topliss-reactive ketones (excluding diaryl/α,β-unsaturated/α-hetero) is 1. The molecular formula is C28H35F2N3O7. The minimum absolute atomic E-state index is 0.0464. The Morgan fingerprint density at radius 2 is 1.95 bits per heavy atom. The van der Waals surface area contributed by atoms with E-state index in [0.29, 0.717) is 23.3 Å². The van der Waals surface area contributed by atoms with Crippen molar-refractivity contribution in [1.29, 1.82) is 0 Å². The Morgan fingerprint density at radius 1 is 1.25 bits per heavy atom. The predicted octanol–water partition coefficient (Wildman–Crippen LogP) is 2.29. The number of halogens is 2. The highest BCUT2D eigenvalue weighted by Gasteiger charge is 2.61. The zero-order valence-electron chi connectivity index (χ0n) is 23.0. The van der Waals surface area contributed by atoms with Crippen molar-refractivity contribution in [2.75, 3.05) is 41.4 Å². The van der Waals surface area contributed by atoms with Gasteiger partial charge in [0.1, 0.15) is 28.6 Å². The molecule has 1 saturated carbocycles. The maximum atomic E-state index is 14.2. The van der Waals surface area contributed by atoms with E-state index < -0.39 is 53.4 Å². The number of amides is 1. The summed E-state index contributed by atoms with van der Waals surface area (Å²) in [7, 11) is 6.21. The lowest BCUT2D eigenvalue weighted by molar-refractivity contribution is -0.157. The number of likely N-dealkylation sites (N-methyl/N-ethyl adjacent to an activating group) is 1. The van der Waals surface area contributed by atoms with Crippen LogP contribution >= 0.6 is 0 Å². The maximum absolute atomic E-state index is 14.2. The number of benzene rings is 1. The summed E-state index contributed by atoms with van der Waals surface area (Å²) in [6, 6.07) is 0.617. The zero-order chi connectivity index (χ0) is 29.3. The Bertz CT molecular complexity index is 1340. The number of carbonyl (C=O) groups is 2. The molecule has 0 spiro atoms. The summed E-state index contributed by atoms with van der Waals surface area (Å²) in [5, 5.41) is 33.6. The second-order valence-electron chi connectivity index (χ2n) is 11.5. The lowest BCUT2D eigenvalue weighted by Crippen LogP contribution is -2.63. The molecule has 1 aromatic carbocycles. The van der Waals surface area contributed by atoms with E-state index in [4.69, 9.17) is 15.2 Å². The van der Waals surface area contributed by atoms with Gasteiger partial charge in [0.05, 0.1) is 30.8 Å². The van der Waals surface area contributed by atoms with Gasteiger partial charge in [0.2, 0.25) is 5.91 Å². The fourth-order valence-electron chi connectivity index (χ4n) is 7.29. The number of ether oxygens (including phenoxy) is 2. The number of rotatable bonds is 6. The third kappa shape index (κ3) is 4.15. The molecule has 10 nitrogen and oxygen atoms in total. The number of carbonyl (C=O) groups excluding carboxylic acids is 2. The number of phenolic OH excluding ortho intramolecular Hbond substituents is 1. The molecule has 4 aliphatic rings. The number of nitrogens with two attached hydrogens (primary N) is 1. The van der Waals surface area contributed by atoms with Crippen LogP contribution in [0.15, 0.2) is 23.0 Å². The van der Waals surface area contributed by atoms with Crippen molar-refractivity contribution in [2.24, 2.45) is 17.6 Å². The van der Waals surface area contributed by atoms with Gasteiger partial charge < -0.3 is 30.5 Å². The molecule has 1 heterocycles. The number of aromatic hydroxyl groups is 1. The van der Waals surface area contributed by atoms with Gasteiger partial charge in [-0.2, -0.15) is 0 Å². The van der Waals surface area contributed by atoms with Crippen molar-refractivity contribution in [3.05, 3.63) is 39.7 Å². The number of nitrogens with zero attached hydrogens (tertiary/aromatic N) is 2. The van der Waals surface area contributed by atoms with Gasteiger partial charge in [-0.25, -0.2) is 8.78 Å². The first-order chi connectivity index (χ1) is 18.8. The molecule has 1 saturated heterocycles. The van der Waals surface area contributed by atoms with Gasteiger partial charge in [-0.05, 0) is 38.9 Å². The molecule has 5 N–H and O–H groups in total. The van der Waals surface area contributed by atoms with E-state index in [1.54, 1.807) is 23.9 Å². The van der Waals surface area contributed by atoms with Crippen LogP contribution in [0.25, 0.3) is 5.76 Å². The van der Waals surface area contributed by atoms with Crippen molar-refractivity contribution >= 4 is 17.4 Å². The second kappa shape index (κ2) is 9.71. The number of hydrogen-bond acceptors (Lipinski definition) is 9. The summed E-state index contributed by atoms with van der Waals surface area (Å²) in [6.45, 7) is -0.0952. The third-order valence-corrected chi connectivity index (χ3v) is 9.03. The first-order valence-electron chi connectivity index (χ1n) is 13.2. The quantitative estimate of drug-likeness (QED) is 0.410. The number of methoxy groups -OCH3 is 2. The monoisotopic (exact) mass is 563 g/mol. The number of alkyl halides is 2. The van der Waals surface area contributed by atoms with E-state index in [-0.39, 0.29) is 60.6 Å². The lowest BCUT2D eigenvalue weighted by Gasteiger charge is -2.53. The van der Waals surface area contributed by atoms with Gasteiger partial charge in [0, 0.05) is 55.7 Å². The third-order valence-electron chi connectivity index (χ3n) is 9.03. The molecule has 1 amide bonds. The zero-order valence-corrected chi connectivity index (χ0v) is 23.0. The van der Waals surface area contributed by atoms with Gasteiger partial charge in [-0.15, -0.1) is 0 Å². The number of aliphatic hydroxyl groups is 2. The molecule has 1 aliphatic heterocycles. The highest BCUT2D eigenvalue weighted by molar-refractivity contribution is 6.10. The molecule has 0 unspecified atom stereocenters. The van der Waals surface area contributed by atoms with Crippen LogP contribution in [0.3, 0.4) is 0 Å². The average molecular weight is 564 g/mol. The summed E-state index contributed by atoms with van der Waals surface area (Å²) < 4.78 is 39.2. The van der Waals surface area contributed by atoms with Crippen LogP contribution in [0, 0.1) is 11.8 Å². The van der Waals surface area contributed by atoms with Crippen LogP contribution in [-0.4, -0.2) is 95.8 Å². The first kappa shape index (κ1) is 28.3. The van der Waals surface area contributed by atoms with Crippen molar-refractivity contribution in [2.45, 2.75) is 49.8 Å². The van der Waals surface area contributed by atoms with E-state index in [1.807, 2.05) is 0 Å². The SMILES string of the molecule is COc1c(CN2CCC(F)(F)C2)cc(O)c2c1C[C@H]1C[C@H]3[C@H](N(C)C)C(O)=C(C(N)=O)C[C@@]3(OC)C(=O)C1=C2O. The molecule has 0 aromatic heterocycles. The van der Waals surface area contributed by atoms with Crippen LogP contribution in [0.2, 0.25) is 0 Å². The largest absolute Gasteiger partial charge is 0.510 e. The molecule has 3 aliphatic carbocycles. The highest BCUT2D eigenvalue weighted by atomic mass is 19.3. The van der Waals surface area contributed by atoms with Gasteiger partial charge in [0.15, 0.2) is 5.78 Å². The Morgan fingerprint density at radius 3 is 2.50 bits per heavy atom. The Balaban J connectivity index is 1.62. The van der Waals surface area contributed by atoms with Crippen molar-refractivity contribution in [3.8, 4) is 11.5 Å². The van der Waals surface area contributed by atoms with Crippen LogP contribution in [0.5, 0.6) is 11.5 Å². The molecular weight excluding hydrogens is 528 g/mol. The molecule has 0 bridgehead atoms. The minimum atomic E-state index is -2.78. The summed E-state index contributed by atoms with van der Waals surface area (Å²) >= 11 is 0. The van der Waals surface area contributed by atoms with E-state index in [2.05, 4.69) is 0 Å². The fourth-order valence-corrected chi connectivity index (χ4v) is 7.29. The summed E-state index contributed by atoms with van der Waals surface area (Å²) in [6.07, 6.45) is -0.00400. The standard InChI is InChI=1S/C28H35F2N3O7/c1-32(2)21-17-8-13-7-15-20(18(34)9-14(24(15)39-3)11-33-6-5-27(29,30)12-33)23(36)19(13)25(37)28(17,40-4)10-16(22(21)35)26(31)38/h9,13,17,21,34-36H,5-8,10-12H2,1-4H3,(H2,31,38)/t13-,17-,21-,28-/m0/s1. The summed E-state index contributed by atoms with van der Waals surface area (Å²) in [5.41, 5.74) is 4.96. The second-order valence-corrected chi connectivity index (χ2v) is 11.5. The predicted molar refractivity (Wildman–Crippen MR) is 140 cm³/mol. The van der Waals surface area contributed by atoms with Gasteiger partial charge in [0.25, 0.3) is 5.92 Å². The molecule has 4 atom stereocenters. The van der Waals surface area contributed by atoms with E-state index in [1.165, 1.54) is 20.3 Å². The number of phenols is 1. The Hall–Kier alpha value is -3.22. The first-order valence-corrected chi connectivity index (χ1v) is 13.2.